The molecule has 1 saturated heterocycles. The van der Waals surface area contributed by atoms with Crippen molar-refractivity contribution in [2.75, 3.05) is 19.8 Å². The van der Waals surface area contributed by atoms with Crippen molar-refractivity contribution < 1.29 is 14.7 Å². The number of benzene rings is 2. The Hall–Kier alpha value is -2.31. The van der Waals surface area contributed by atoms with Gasteiger partial charge in [0, 0.05) is 11.3 Å². The van der Waals surface area contributed by atoms with Crippen LogP contribution in [0.1, 0.15) is 18.4 Å². The van der Waals surface area contributed by atoms with Crippen LogP contribution in [0, 0.1) is 0 Å². The van der Waals surface area contributed by atoms with E-state index in [1.54, 1.807) is 11.8 Å². The van der Waals surface area contributed by atoms with Crippen LogP contribution >= 0.6 is 11.8 Å². The van der Waals surface area contributed by atoms with E-state index in [9.17, 15) is 14.7 Å². The van der Waals surface area contributed by atoms with Crippen molar-refractivity contribution in [1.82, 2.24) is 10.2 Å². The fourth-order valence-electron chi connectivity index (χ4n) is 3.65. The molecule has 5 nitrogen and oxygen atoms in total. The Morgan fingerprint density at radius 1 is 1.21 bits per heavy atom. The third kappa shape index (κ3) is 4.75. The van der Waals surface area contributed by atoms with Gasteiger partial charge in [-0.25, -0.2) is 4.79 Å². The Morgan fingerprint density at radius 2 is 1.93 bits per heavy atom. The van der Waals surface area contributed by atoms with Gasteiger partial charge in [-0.15, -0.1) is 11.8 Å². The molecule has 1 aliphatic heterocycles. The zero-order valence-corrected chi connectivity index (χ0v) is 17.0. The lowest BCUT2D eigenvalue weighted by Gasteiger charge is -2.22. The van der Waals surface area contributed by atoms with Gasteiger partial charge in [0.15, 0.2) is 0 Å². The van der Waals surface area contributed by atoms with Crippen LogP contribution in [0.5, 0.6) is 0 Å². The Labute approximate surface area is 170 Å². The Bertz CT molecular complexity index is 838. The number of carboxylic acid groups (broad SMARTS) is 1. The number of thioether (sulfide) groups is 1. The Kier molecular flexibility index (Phi) is 6.75. The normalized spacial score (nSPS) is 18.0. The van der Waals surface area contributed by atoms with Crippen LogP contribution in [0.4, 0.5) is 0 Å². The lowest BCUT2D eigenvalue weighted by Crippen LogP contribution is -2.49. The van der Waals surface area contributed by atoms with Crippen LogP contribution < -0.4 is 5.32 Å². The third-order valence-corrected chi connectivity index (χ3v) is 6.05. The molecule has 2 aromatic carbocycles. The Morgan fingerprint density at radius 3 is 2.54 bits per heavy atom. The molecule has 0 bridgehead atoms. The Balaban J connectivity index is 1.70. The minimum atomic E-state index is -1.01. The number of rotatable bonds is 7. The summed E-state index contributed by atoms with van der Waals surface area (Å²) in [6, 6.07) is 14.9. The molecule has 0 saturated carbocycles. The predicted octanol–water partition coefficient (Wildman–Crippen LogP) is 3.28. The molecule has 0 spiro atoms. The molecule has 2 aromatic rings. The quantitative estimate of drug-likeness (QED) is 0.701. The molecule has 0 radical (unpaired) electrons. The molecular weight excluding hydrogens is 372 g/mol. The fourth-order valence-corrected chi connectivity index (χ4v) is 4.27. The van der Waals surface area contributed by atoms with Crippen molar-refractivity contribution in [3.63, 3.8) is 0 Å². The van der Waals surface area contributed by atoms with E-state index in [0.29, 0.717) is 0 Å². The first-order valence-corrected chi connectivity index (χ1v) is 10.7. The third-order valence-electron chi connectivity index (χ3n) is 5.25. The zero-order chi connectivity index (χ0) is 20.1. The minimum absolute atomic E-state index is 0.196. The van der Waals surface area contributed by atoms with Gasteiger partial charge < -0.3 is 10.4 Å². The van der Waals surface area contributed by atoms with Crippen molar-refractivity contribution in [3.8, 4) is 11.1 Å². The summed E-state index contributed by atoms with van der Waals surface area (Å²) < 4.78 is 0. The summed E-state index contributed by atoms with van der Waals surface area (Å²) in [5.74, 6) is -1.20. The van der Waals surface area contributed by atoms with E-state index in [2.05, 4.69) is 23.7 Å². The molecule has 28 heavy (non-hydrogen) atoms. The van der Waals surface area contributed by atoms with Gasteiger partial charge in [-0.3, -0.25) is 9.69 Å². The van der Waals surface area contributed by atoms with Crippen LogP contribution in [-0.4, -0.2) is 53.8 Å². The standard InChI is InChI=1S/C22H26N2O3S/c1-24-13-5-7-19(24)21(25)23-18(22(26)27)14-15-9-11-16(12-10-15)17-6-3-4-8-20(17)28-2/h3-4,6,8-12,18-19H,5,7,13-14H2,1-2H3,(H,23,25)(H,26,27)/t18-,19-/m0/s1. The lowest BCUT2D eigenvalue weighted by molar-refractivity contribution is -0.142. The molecule has 2 atom stereocenters. The smallest absolute Gasteiger partial charge is 0.326 e. The number of hydrogen-bond acceptors (Lipinski definition) is 4. The number of aliphatic carboxylic acids is 1. The number of carbonyl (C=O) groups excluding carboxylic acids is 1. The molecule has 0 unspecified atom stereocenters. The second-order valence-corrected chi connectivity index (χ2v) is 7.99. The molecule has 1 aliphatic rings. The molecular formula is C22H26N2O3S. The van der Waals surface area contributed by atoms with Crippen LogP contribution in [0.3, 0.4) is 0 Å². The van der Waals surface area contributed by atoms with Gasteiger partial charge in [-0.1, -0.05) is 42.5 Å². The topological polar surface area (TPSA) is 69.6 Å². The monoisotopic (exact) mass is 398 g/mol. The van der Waals surface area contributed by atoms with Gasteiger partial charge in [-0.05, 0) is 55.4 Å². The first-order chi connectivity index (χ1) is 13.5. The number of hydrogen-bond donors (Lipinski definition) is 2. The highest BCUT2D eigenvalue weighted by atomic mass is 32.2. The predicted molar refractivity (Wildman–Crippen MR) is 113 cm³/mol. The van der Waals surface area contributed by atoms with Crippen LogP contribution in [-0.2, 0) is 16.0 Å². The van der Waals surface area contributed by atoms with E-state index in [1.807, 2.05) is 48.3 Å². The second kappa shape index (κ2) is 9.26. The van der Waals surface area contributed by atoms with E-state index >= 15 is 0 Å². The molecule has 148 valence electrons. The van der Waals surface area contributed by atoms with Crippen molar-refractivity contribution in [1.29, 1.82) is 0 Å². The number of carbonyl (C=O) groups is 2. The maximum absolute atomic E-state index is 12.5. The molecule has 0 aromatic heterocycles. The largest absolute Gasteiger partial charge is 0.480 e. The van der Waals surface area contributed by atoms with Crippen molar-refractivity contribution in [2.24, 2.45) is 0 Å². The molecule has 1 fully saturated rings. The van der Waals surface area contributed by atoms with Crippen LogP contribution in [0.15, 0.2) is 53.4 Å². The maximum atomic E-state index is 12.5. The van der Waals surface area contributed by atoms with E-state index in [0.717, 1.165) is 36.1 Å². The SMILES string of the molecule is CSc1ccccc1-c1ccc(C[C@H](NC(=O)[C@@H]2CCCN2C)C(=O)O)cc1. The molecule has 2 N–H and O–H groups in total. The number of carboxylic acids is 1. The second-order valence-electron chi connectivity index (χ2n) is 7.14. The number of amides is 1. The molecule has 1 amide bonds. The van der Waals surface area contributed by atoms with E-state index in [-0.39, 0.29) is 18.4 Å². The van der Waals surface area contributed by atoms with Gasteiger partial charge in [0.1, 0.15) is 6.04 Å². The van der Waals surface area contributed by atoms with Gasteiger partial charge >= 0.3 is 5.97 Å². The number of nitrogens with zero attached hydrogens (tertiary/aromatic N) is 1. The van der Waals surface area contributed by atoms with Crippen molar-refractivity contribution >= 4 is 23.6 Å². The molecule has 6 heteroatoms. The maximum Gasteiger partial charge on any atom is 0.326 e. The van der Waals surface area contributed by atoms with Gasteiger partial charge in [0.2, 0.25) is 5.91 Å². The van der Waals surface area contributed by atoms with Crippen LogP contribution in [0.25, 0.3) is 11.1 Å². The lowest BCUT2D eigenvalue weighted by atomic mass is 10.0. The summed E-state index contributed by atoms with van der Waals surface area (Å²) in [4.78, 5) is 27.3. The summed E-state index contributed by atoms with van der Waals surface area (Å²) in [5, 5.41) is 12.3. The van der Waals surface area contributed by atoms with Gasteiger partial charge in [0.25, 0.3) is 0 Å². The first-order valence-electron chi connectivity index (χ1n) is 9.45. The highest BCUT2D eigenvalue weighted by Gasteiger charge is 2.30. The number of likely N-dealkylation sites (N-methyl/N-ethyl adjacent to an activating group) is 1. The fraction of sp³-hybridized carbons (Fsp3) is 0.364. The summed E-state index contributed by atoms with van der Waals surface area (Å²) in [6.45, 7) is 0.870. The zero-order valence-electron chi connectivity index (χ0n) is 16.2. The average molecular weight is 399 g/mol. The van der Waals surface area contributed by atoms with Gasteiger partial charge in [0.05, 0.1) is 6.04 Å². The van der Waals surface area contributed by atoms with Crippen molar-refractivity contribution in [3.05, 3.63) is 54.1 Å². The highest BCUT2D eigenvalue weighted by molar-refractivity contribution is 7.98. The summed E-state index contributed by atoms with van der Waals surface area (Å²) in [7, 11) is 1.90. The summed E-state index contributed by atoms with van der Waals surface area (Å²) in [6.07, 6.45) is 4.06. The highest BCUT2D eigenvalue weighted by Crippen LogP contribution is 2.30. The molecule has 0 aliphatic carbocycles. The summed E-state index contributed by atoms with van der Waals surface area (Å²) >= 11 is 1.70. The molecule has 3 rings (SSSR count). The van der Waals surface area contributed by atoms with E-state index in [1.165, 1.54) is 4.90 Å². The molecule has 1 heterocycles. The van der Waals surface area contributed by atoms with Crippen LogP contribution in [0.2, 0.25) is 0 Å². The number of nitrogens with one attached hydrogen (secondary N) is 1. The van der Waals surface area contributed by atoms with E-state index in [4.69, 9.17) is 0 Å². The van der Waals surface area contributed by atoms with E-state index < -0.39 is 12.0 Å². The minimum Gasteiger partial charge on any atom is -0.480 e. The average Bonchev–Trinajstić information content (AvgIpc) is 3.14. The number of likely N-dealkylation sites (tertiary alicyclic amines) is 1. The van der Waals surface area contributed by atoms with Crippen molar-refractivity contribution in [2.45, 2.75) is 36.2 Å². The summed E-state index contributed by atoms with van der Waals surface area (Å²) in [5.41, 5.74) is 3.14. The first kappa shape index (κ1) is 20.4. The van der Waals surface area contributed by atoms with Gasteiger partial charge in [-0.2, -0.15) is 0 Å².